The van der Waals surface area contributed by atoms with E-state index in [2.05, 4.69) is 5.32 Å². The molecular formula is C13H15NO4. The van der Waals surface area contributed by atoms with Crippen LogP contribution in [0.25, 0.3) is 0 Å². The predicted molar refractivity (Wildman–Crippen MR) is 65.8 cm³/mol. The Bertz CT molecular complexity index is 508. The quantitative estimate of drug-likeness (QED) is 0.856. The van der Waals surface area contributed by atoms with Gasteiger partial charge < -0.3 is 15.2 Å². The molecule has 1 heterocycles. The Hall–Kier alpha value is -2.04. The molecule has 96 valence electrons. The van der Waals surface area contributed by atoms with E-state index in [0.717, 1.165) is 5.56 Å². The van der Waals surface area contributed by atoms with Crippen molar-refractivity contribution in [3.05, 3.63) is 23.8 Å². The molecule has 0 fully saturated rings. The maximum absolute atomic E-state index is 11.1. The van der Waals surface area contributed by atoms with Crippen LogP contribution in [-0.2, 0) is 15.0 Å². The molecule has 18 heavy (non-hydrogen) atoms. The molecular weight excluding hydrogens is 234 g/mol. The molecule has 1 aliphatic rings. The van der Waals surface area contributed by atoms with Gasteiger partial charge in [0.15, 0.2) is 6.61 Å². The van der Waals surface area contributed by atoms with Crippen LogP contribution in [0.2, 0.25) is 0 Å². The summed E-state index contributed by atoms with van der Waals surface area (Å²) in [6, 6.07) is 5.35. The number of carboxylic acid groups (broad SMARTS) is 1. The number of fused-ring (bicyclic) bond motifs is 1. The number of aliphatic carboxylic acids is 1. The lowest BCUT2D eigenvalue weighted by atomic mass is 9.81. The minimum atomic E-state index is -0.841. The van der Waals surface area contributed by atoms with Crippen molar-refractivity contribution < 1.29 is 19.4 Å². The number of nitrogens with one attached hydrogen (secondary N) is 1. The largest absolute Gasteiger partial charge is 0.482 e. The van der Waals surface area contributed by atoms with Crippen LogP contribution in [-0.4, -0.2) is 23.6 Å². The minimum absolute atomic E-state index is 0.00415. The average molecular weight is 249 g/mol. The molecule has 1 amide bonds. The molecule has 1 aromatic carbocycles. The Morgan fingerprint density at radius 1 is 1.50 bits per heavy atom. The Labute approximate surface area is 105 Å². The Morgan fingerprint density at radius 3 is 2.89 bits per heavy atom. The fourth-order valence-electron chi connectivity index (χ4n) is 1.98. The van der Waals surface area contributed by atoms with Gasteiger partial charge in [0.1, 0.15) is 5.75 Å². The standard InChI is InChI=1S/C13H15NO4/c1-13(2,6-12(16)17)8-3-4-9-10(5-8)18-7-11(15)14-9/h3-5H,6-7H2,1-2H3,(H,14,15)(H,16,17). The SMILES string of the molecule is CC(C)(CC(=O)O)c1ccc2c(c1)OCC(=O)N2. The summed E-state index contributed by atoms with van der Waals surface area (Å²) >= 11 is 0. The molecule has 0 radical (unpaired) electrons. The first-order valence-electron chi connectivity index (χ1n) is 5.67. The van der Waals surface area contributed by atoms with E-state index in [0.29, 0.717) is 11.4 Å². The van der Waals surface area contributed by atoms with E-state index in [9.17, 15) is 9.59 Å². The third-order valence-electron chi connectivity index (χ3n) is 2.99. The van der Waals surface area contributed by atoms with Crippen molar-refractivity contribution in [3.63, 3.8) is 0 Å². The highest BCUT2D eigenvalue weighted by Crippen LogP contribution is 2.35. The molecule has 0 aliphatic carbocycles. The van der Waals surface area contributed by atoms with E-state index in [4.69, 9.17) is 9.84 Å². The topological polar surface area (TPSA) is 75.6 Å². The third kappa shape index (κ3) is 2.45. The number of hydrogen-bond donors (Lipinski definition) is 2. The van der Waals surface area contributed by atoms with E-state index < -0.39 is 11.4 Å². The van der Waals surface area contributed by atoms with Gasteiger partial charge in [-0.3, -0.25) is 9.59 Å². The summed E-state index contributed by atoms with van der Waals surface area (Å²) in [5, 5.41) is 11.6. The molecule has 0 spiro atoms. The molecule has 0 saturated heterocycles. The fourth-order valence-corrected chi connectivity index (χ4v) is 1.98. The highest BCUT2D eigenvalue weighted by atomic mass is 16.5. The molecule has 0 atom stereocenters. The maximum Gasteiger partial charge on any atom is 0.304 e. The van der Waals surface area contributed by atoms with Crippen LogP contribution in [0.1, 0.15) is 25.8 Å². The fraction of sp³-hybridized carbons (Fsp3) is 0.385. The highest BCUT2D eigenvalue weighted by Gasteiger charge is 2.26. The molecule has 1 aliphatic heterocycles. The second kappa shape index (κ2) is 4.33. The molecule has 2 rings (SSSR count). The second-order valence-corrected chi connectivity index (χ2v) is 5.00. The number of hydrogen-bond acceptors (Lipinski definition) is 3. The Kier molecular flexibility index (Phi) is 2.98. The number of amides is 1. The van der Waals surface area contributed by atoms with Crippen molar-refractivity contribution in [1.29, 1.82) is 0 Å². The van der Waals surface area contributed by atoms with Crippen LogP contribution >= 0.6 is 0 Å². The second-order valence-electron chi connectivity index (χ2n) is 5.00. The number of benzene rings is 1. The van der Waals surface area contributed by atoms with Crippen LogP contribution in [0.4, 0.5) is 5.69 Å². The summed E-state index contributed by atoms with van der Waals surface area (Å²) < 4.78 is 5.32. The minimum Gasteiger partial charge on any atom is -0.482 e. The van der Waals surface area contributed by atoms with E-state index in [-0.39, 0.29) is 18.9 Å². The number of carbonyl (C=O) groups is 2. The molecule has 0 bridgehead atoms. The van der Waals surface area contributed by atoms with Crippen LogP contribution < -0.4 is 10.1 Å². The van der Waals surface area contributed by atoms with Crippen molar-refractivity contribution in [2.75, 3.05) is 11.9 Å². The van der Waals surface area contributed by atoms with Crippen LogP contribution in [0, 0.1) is 0 Å². The first-order chi connectivity index (χ1) is 8.38. The summed E-state index contributed by atoms with van der Waals surface area (Å²) in [5.74, 6) is -0.433. The lowest BCUT2D eigenvalue weighted by molar-refractivity contribution is -0.138. The van der Waals surface area contributed by atoms with E-state index >= 15 is 0 Å². The molecule has 0 aromatic heterocycles. The summed E-state index contributed by atoms with van der Waals surface area (Å²) in [6.45, 7) is 3.73. The van der Waals surface area contributed by atoms with Gasteiger partial charge in [0.25, 0.3) is 5.91 Å². The lowest BCUT2D eigenvalue weighted by Crippen LogP contribution is -2.26. The molecule has 2 N–H and O–H groups in total. The summed E-state index contributed by atoms with van der Waals surface area (Å²) in [7, 11) is 0. The van der Waals surface area contributed by atoms with Gasteiger partial charge in [-0.2, -0.15) is 0 Å². The summed E-state index contributed by atoms with van der Waals surface area (Å²) in [6.07, 6.45) is 0.0398. The first kappa shape index (κ1) is 12.4. The monoisotopic (exact) mass is 249 g/mol. The van der Waals surface area contributed by atoms with Gasteiger partial charge in [-0.15, -0.1) is 0 Å². The number of carboxylic acids is 1. The summed E-state index contributed by atoms with van der Waals surface area (Å²) in [4.78, 5) is 22.0. The Morgan fingerprint density at radius 2 is 2.22 bits per heavy atom. The number of anilines is 1. The highest BCUT2D eigenvalue weighted by molar-refractivity contribution is 5.95. The summed E-state index contributed by atoms with van der Waals surface area (Å²) in [5.41, 5.74) is 1.02. The van der Waals surface area contributed by atoms with Crippen molar-refractivity contribution >= 4 is 17.6 Å². The van der Waals surface area contributed by atoms with Gasteiger partial charge in [-0.25, -0.2) is 0 Å². The van der Waals surface area contributed by atoms with Crippen molar-refractivity contribution in [1.82, 2.24) is 0 Å². The van der Waals surface area contributed by atoms with E-state index in [1.54, 1.807) is 12.1 Å². The van der Waals surface area contributed by atoms with Gasteiger partial charge in [0, 0.05) is 5.41 Å². The first-order valence-corrected chi connectivity index (χ1v) is 5.67. The van der Waals surface area contributed by atoms with Crippen LogP contribution in [0.15, 0.2) is 18.2 Å². The number of rotatable bonds is 3. The number of carbonyl (C=O) groups excluding carboxylic acids is 1. The zero-order valence-corrected chi connectivity index (χ0v) is 10.3. The lowest BCUT2D eigenvalue weighted by Gasteiger charge is -2.26. The number of ether oxygens (including phenoxy) is 1. The van der Waals surface area contributed by atoms with Crippen molar-refractivity contribution in [2.45, 2.75) is 25.7 Å². The third-order valence-corrected chi connectivity index (χ3v) is 2.99. The van der Waals surface area contributed by atoms with Gasteiger partial charge in [-0.05, 0) is 17.7 Å². The van der Waals surface area contributed by atoms with Gasteiger partial charge in [-0.1, -0.05) is 19.9 Å². The van der Waals surface area contributed by atoms with E-state index in [1.165, 1.54) is 0 Å². The molecule has 1 aromatic rings. The van der Waals surface area contributed by atoms with Gasteiger partial charge in [0.2, 0.25) is 0 Å². The molecule has 5 nitrogen and oxygen atoms in total. The maximum atomic E-state index is 11.1. The zero-order chi connectivity index (χ0) is 13.3. The molecule has 5 heteroatoms. The van der Waals surface area contributed by atoms with Gasteiger partial charge in [0.05, 0.1) is 12.1 Å². The van der Waals surface area contributed by atoms with Crippen LogP contribution in [0.5, 0.6) is 5.75 Å². The normalized spacial score (nSPS) is 14.4. The molecule has 0 unspecified atom stereocenters. The predicted octanol–water partition coefficient (Wildman–Crippen LogP) is 1.77. The van der Waals surface area contributed by atoms with Crippen molar-refractivity contribution in [3.8, 4) is 5.75 Å². The Balaban J connectivity index is 2.31. The average Bonchev–Trinajstić information content (AvgIpc) is 2.26. The molecule has 0 saturated carbocycles. The zero-order valence-electron chi connectivity index (χ0n) is 10.3. The van der Waals surface area contributed by atoms with Crippen LogP contribution in [0.3, 0.4) is 0 Å². The van der Waals surface area contributed by atoms with E-state index in [1.807, 2.05) is 19.9 Å². The van der Waals surface area contributed by atoms with Crippen molar-refractivity contribution in [2.24, 2.45) is 0 Å². The smallest absolute Gasteiger partial charge is 0.304 e. The van der Waals surface area contributed by atoms with Gasteiger partial charge >= 0.3 is 5.97 Å².